The van der Waals surface area contributed by atoms with Crippen LogP contribution in [0.15, 0.2) is 36.4 Å². The van der Waals surface area contributed by atoms with Crippen LogP contribution in [0.2, 0.25) is 0 Å². The maximum atomic E-state index is 13.3. The fourth-order valence-electron chi connectivity index (χ4n) is 3.13. The number of hydrogen-bond acceptors (Lipinski definition) is 6. The van der Waals surface area contributed by atoms with E-state index < -0.39 is 5.97 Å². The summed E-state index contributed by atoms with van der Waals surface area (Å²) < 4.78 is 5.80. The lowest BCUT2D eigenvalue weighted by atomic mass is 10.1. The van der Waals surface area contributed by atoms with Gasteiger partial charge in [-0.15, -0.1) is 12.4 Å². The van der Waals surface area contributed by atoms with Crippen molar-refractivity contribution < 1.29 is 14.3 Å². The van der Waals surface area contributed by atoms with E-state index in [1.807, 2.05) is 14.1 Å². The van der Waals surface area contributed by atoms with Gasteiger partial charge in [-0.05, 0) is 88.4 Å². The molecule has 8 heteroatoms. The Labute approximate surface area is 193 Å². The van der Waals surface area contributed by atoms with Crippen LogP contribution in [0.1, 0.15) is 38.3 Å². The molecule has 0 bridgehead atoms. The van der Waals surface area contributed by atoms with Crippen molar-refractivity contribution in [1.82, 2.24) is 9.88 Å². The Morgan fingerprint density at radius 2 is 1.61 bits per heavy atom. The minimum Gasteiger partial charge on any atom is -0.465 e. The maximum Gasteiger partial charge on any atom is 0.337 e. The standard InChI is InChI=1S/C23H27N3O3S.ClH/c1-15-13-19-20(14-16(15)2)30-23(24-19)26(12-6-11-25(3)4)21(27)17-7-9-18(10-8-17)22(28)29-5;/h7-10,13-14H,6,11-12H2,1-5H3;1H. The Kier molecular flexibility index (Phi) is 8.56. The molecule has 0 saturated heterocycles. The molecular formula is C23H28ClN3O3S. The number of nitrogens with zero attached hydrogens (tertiary/aromatic N) is 3. The third-order valence-electron chi connectivity index (χ3n) is 5.01. The molecule has 1 aromatic heterocycles. The predicted molar refractivity (Wildman–Crippen MR) is 129 cm³/mol. The Hall–Kier alpha value is -2.48. The Bertz CT molecular complexity index is 1020. The Balaban J connectivity index is 0.00000341. The summed E-state index contributed by atoms with van der Waals surface area (Å²) in [7, 11) is 5.37. The number of hydrogen-bond donors (Lipinski definition) is 0. The molecule has 2 aromatic carbocycles. The molecule has 6 nitrogen and oxygen atoms in total. The maximum absolute atomic E-state index is 13.3. The van der Waals surface area contributed by atoms with Gasteiger partial charge in [0, 0.05) is 12.1 Å². The zero-order valence-corrected chi connectivity index (χ0v) is 20.1. The molecule has 0 radical (unpaired) electrons. The summed E-state index contributed by atoms with van der Waals surface area (Å²) in [6, 6.07) is 10.7. The molecule has 3 rings (SSSR count). The number of esters is 1. The lowest BCUT2D eigenvalue weighted by Gasteiger charge is -2.21. The number of fused-ring (bicyclic) bond motifs is 1. The third-order valence-corrected chi connectivity index (χ3v) is 6.05. The smallest absolute Gasteiger partial charge is 0.337 e. The first-order valence-electron chi connectivity index (χ1n) is 9.83. The van der Waals surface area contributed by atoms with E-state index in [1.54, 1.807) is 29.2 Å². The number of ether oxygens (including phenoxy) is 1. The number of carbonyl (C=O) groups is 2. The van der Waals surface area contributed by atoms with Gasteiger partial charge >= 0.3 is 5.97 Å². The van der Waals surface area contributed by atoms with E-state index in [0.717, 1.165) is 23.2 Å². The predicted octanol–water partition coefficient (Wildman–Crippen LogP) is 4.72. The van der Waals surface area contributed by atoms with Crippen molar-refractivity contribution in [3.63, 3.8) is 0 Å². The van der Waals surface area contributed by atoms with Crippen LogP contribution in [0.25, 0.3) is 10.2 Å². The van der Waals surface area contributed by atoms with Crippen LogP contribution in [-0.4, -0.2) is 56.1 Å². The zero-order chi connectivity index (χ0) is 21.8. The second kappa shape index (κ2) is 10.7. The average Bonchev–Trinajstić information content (AvgIpc) is 3.12. The summed E-state index contributed by atoms with van der Waals surface area (Å²) in [5.41, 5.74) is 4.23. The van der Waals surface area contributed by atoms with Gasteiger partial charge < -0.3 is 9.64 Å². The van der Waals surface area contributed by atoms with Gasteiger partial charge in [-0.2, -0.15) is 0 Å². The fourth-order valence-corrected chi connectivity index (χ4v) is 4.20. The Morgan fingerprint density at radius 1 is 1.00 bits per heavy atom. The molecule has 0 fully saturated rings. The van der Waals surface area contributed by atoms with Gasteiger partial charge in [0.2, 0.25) is 0 Å². The second-order valence-electron chi connectivity index (χ2n) is 7.58. The first-order valence-corrected chi connectivity index (χ1v) is 10.6. The Morgan fingerprint density at radius 3 is 2.23 bits per heavy atom. The van der Waals surface area contributed by atoms with Crippen LogP contribution in [0.4, 0.5) is 5.13 Å². The first kappa shape index (κ1) is 24.8. The molecule has 0 aliphatic carbocycles. The molecule has 0 aliphatic heterocycles. The van der Waals surface area contributed by atoms with E-state index in [0.29, 0.717) is 22.8 Å². The van der Waals surface area contributed by atoms with Crippen LogP contribution in [0, 0.1) is 13.8 Å². The van der Waals surface area contributed by atoms with E-state index in [4.69, 9.17) is 9.72 Å². The zero-order valence-electron chi connectivity index (χ0n) is 18.5. The van der Waals surface area contributed by atoms with Gasteiger partial charge in [0.25, 0.3) is 5.91 Å². The number of thiazole rings is 1. The van der Waals surface area contributed by atoms with E-state index in [9.17, 15) is 9.59 Å². The number of anilines is 1. The molecule has 0 spiro atoms. The van der Waals surface area contributed by atoms with Crippen LogP contribution >= 0.6 is 23.7 Å². The number of rotatable bonds is 7. The highest BCUT2D eigenvalue weighted by atomic mass is 35.5. The summed E-state index contributed by atoms with van der Waals surface area (Å²) >= 11 is 1.53. The molecule has 0 atom stereocenters. The van der Waals surface area contributed by atoms with Gasteiger partial charge in [0.1, 0.15) is 0 Å². The number of benzene rings is 2. The largest absolute Gasteiger partial charge is 0.465 e. The molecule has 31 heavy (non-hydrogen) atoms. The highest BCUT2D eigenvalue weighted by Gasteiger charge is 2.22. The third kappa shape index (κ3) is 5.81. The van der Waals surface area contributed by atoms with Crippen molar-refractivity contribution in [3.05, 3.63) is 58.7 Å². The van der Waals surface area contributed by atoms with Crippen molar-refractivity contribution in [1.29, 1.82) is 0 Å². The van der Waals surface area contributed by atoms with Crippen molar-refractivity contribution in [2.75, 3.05) is 39.2 Å². The van der Waals surface area contributed by atoms with Crippen molar-refractivity contribution in [2.24, 2.45) is 0 Å². The molecule has 1 heterocycles. The fraction of sp³-hybridized carbons (Fsp3) is 0.348. The number of halogens is 1. The monoisotopic (exact) mass is 461 g/mol. The van der Waals surface area contributed by atoms with E-state index >= 15 is 0 Å². The average molecular weight is 462 g/mol. The SMILES string of the molecule is COC(=O)c1ccc(C(=O)N(CCCN(C)C)c2nc3cc(C)c(C)cc3s2)cc1.Cl. The summed E-state index contributed by atoms with van der Waals surface area (Å²) in [5.74, 6) is -0.550. The molecule has 0 saturated carbocycles. The topological polar surface area (TPSA) is 62.7 Å². The highest BCUT2D eigenvalue weighted by molar-refractivity contribution is 7.22. The van der Waals surface area contributed by atoms with Gasteiger partial charge in [0.05, 0.1) is 22.9 Å². The summed E-state index contributed by atoms with van der Waals surface area (Å²) in [4.78, 5) is 33.6. The van der Waals surface area contributed by atoms with Crippen molar-refractivity contribution >= 4 is 51.0 Å². The summed E-state index contributed by atoms with van der Waals surface area (Å²) in [6.45, 7) is 5.58. The molecule has 0 N–H and O–H groups in total. The molecule has 0 aliphatic rings. The van der Waals surface area contributed by atoms with Crippen LogP contribution in [-0.2, 0) is 4.74 Å². The van der Waals surface area contributed by atoms with Crippen molar-refractivity contribution in [3.8, 4) is 0 Å². The summed E-state index contributed by atoms with van der Waals surface area (Å²) in [6.07, 6.45) is 0.826. The quantitative estimate of drug-likeness (QED) is 0.476. The highest BCUT2D eigenvalue weighted by Crippen LogP contribution is 2.31. The lowest BCUT2D eigenvalue weighted by Crippen LogP contribution is -2.33. The van der Waals surface area contributed by atoms with Gasteiger partial charge in [-0.3, -0.25) is 9.69 Å². The number of amides is 1. The van der Waals surface area contributed by atoms with Crippen molar-refractivity contribution in [2.45, 2.75) is 20.3 Å². The minimum atomic E-state index is -0.422. The van der Waals surface area contributed by atoms with Crippen LogP contribution in [0.3, 0.4) is 0 Å². The first-order chi connectivity index (χ1) is 14.3. The lowest BCUT2D eigenvalue weighted by molar-refractivity contribution is 0.0600. The van der Waals surface area contributed by atoms with Crippen LogP contribution in [0.5, 0.6) is 0 Å². The normalized spacial score (nSPS) is 10.8. The minimum absolute atomic E-state index is 0. The number of aromatic nitrogens is 1. The van der Waals surface area contributed by atoms with Gasteiger partial charge in [-0.25, -0.2) is 9.78 Å². The molecule has 166 valence electrons. The molecule has 3 aromatic rings. The van der Waals surface area contributed by atoms with E-state index in [-0.39, 0.29) is 18.3 Å². The number of carbonyl (C=O) groups excluding carboxylic acids is 2. The van der Waals surface area contributed by atoms with Crippen LogP contribution < -0.4 is 4.90 Å². The second-order valence-corrected chi connectivity index (χ2v) is 8.59. The summed E-state index contributed by atoms with van der Waals surface area (Å²) in [5, 5.41) is 0.691. The molecule has 0 unspecified atom stereocenters. The number of methoxy groups -OCH3 is 1. The van der Waals surface area contributed by atoms with Gasteiger partial charge in [0.15, 0.2) is 5.13 Å². The number of aryl methyl sites for hydroxylation is 2. The molecule has 1 amide bonds. The molecular weight excluding hydrogens is 434 g/mol. The van der Waals surface area contributed by atoms with Gasteiger partial charge in [-0.1, -0.05) is 11.3 Å². The van der Waals surface area contributed by atoms with E-state index in [1.165, 1.54) is 29.6 Å². The van der Waals surface area contributed by atoms with E-state index in [2.05, 4.69) is 30.9 Å².